The second kappa shape index (κ2) is 7.33. The molecule has 0 aliphatic carbocycles. The summed E-state index contributed by atoms with van der Waals surface area (Å²) < 4.78 is 0. The van der Waals surface area contributed by atoms with Crippen LogP contribution in [-0.4, -0.2) is 47.6 Å². The van der Waals surface area contributed by atoms with Gasteiger partial charge in [-0.3, -0.25) is 4.90 Å². The Morgan fingerprint density at radius 3 is 2.63 bits per heavy atom. The number of rotatable bonds is 4. The minimum absolute atomic E-state index is 0.710. The van der Waals surface area contributed by atoms with E-state index in [-0.39, 0.29) is 0 Å². The number of hydrogen-bond donors (Lipinski definition) is 1. The fourth-order valence-corrected chi connectivity index (χ4v) is 4.78. The van der Waals surface area contributed by atoms with Crippen LogP contribution in [-0.2, 0) is 0 Å². The first-order chi connectivity index (χ1) is 9.08. The van der Waals surface area contributed by atoms with Crippen LogP contribution >= 0.6 is 11.8 Å². The average molecular weight is 285 g/mol. The van der Waals surface area contributed by atoms with Crippen molar-refractivity contribution in [1.82, 2.24) is 10.2 Å². The third-order valence-corrected chi connectivity index (χ3v) is 5.80. The molecule has 0 bridgehead atoms. The van der Waals surface area contributed by atoms with E-state index in [0.29, 0.717) is 6.04 Å². The predicted molar refractivity (Wildman–Crippen MR) is 86.9 cm³/mol. The summed E-state index contributed by atoms with van der Waals surface area (Å²) in [5.41, 5.74) is 0. The van der Waals surface area contributed by atoms with Gasteiger partial charge >= 0.3 is 0 Å². The van der Waals surface area contributed by atoms with Crippen LogP contribution in [0.3, 0.4) is 0 Å². The Labute approximate surface area is 124 Å². The predicted octanol–water partition coefficient (Wildman–Crippen LogP) is 3.23. The van der Waals surface area contributed by atoms with Crippen molar-refractivity contribution >= 4 is 11.8 Å². The van der Waals surface area contributed by atoms with E-state index >= 15 is 0 Å². The van der Waals surface area contributed by atoms with Gasteiger partial charge in [0.25, 0.3) is 0 Å². The average Bonchev–Trinajstić information content (AvgIpc) is 2.38. The van der Waals surface area contributed by atoms with Crippen molar-refractivity contribution in [3.05, 3.63) is 0 Å². The minimum Gasteiger partial charge on any atom is -0.311 e. The number of nitrogens with zero attached hydrogens (tertiary/aromatic N) is 1. The maximum atomic E-state index is 3.80. The van der Waals surface area contributed by atoms with Crippen LogP contribution in [0.1, 0.15) is 47.0 Å². The highest BCUT2D eigenvalue weighted by Gasteiger charge is 2.34. The summed E-state index contributed by atoms with van der Waals surface area (Å²) in [5, 5.41) is 3.80. The summed E-state index contributed by atoms with van der Waals surface area (Å²) in [6.45, 7) is 11.9. The first-order valence-electron chi connectivity index (χ1n) is 8.14. The third kappa shape index (κ3) is 4.37. The highest BCUT2D eigenvalue weighted by molar-refractivity contribution is 7.99. The molecule has 19 heavy (non-hydrogen) atoms. The normalized spacial score (nSPS) is 34.1. The lowest BCUT2D eigenvalue weighted by Gasteiger charge is -2.47. The molecular weight excluding hydrogens is 252 g/mol. The molecule has 2 aliphatic rings. The lowest BCUT2D eigenvalue weighted by atomic mass is 9.92. The molecule has 2 nitrogen and oxygen atoms in total. The van der Waals surface area contributed by atoms with Crippen LogP contribution < -0.4 is 5.32 Å². The van der Waals surface area contributed by atoms with Gasteiger partial charge in [0.2, 0.25) is 0 Å². The molecule has 2 aliphatic heterocycles. The number of piperazine rings is 1. The third-order valence-electron chi connectivity index (χ3n) is 4.60. The summed E-state index contributed by atoms with van der Waals surface area (Å²) in [4.78, 5) is 2.86. The topological polar surface area (TPSA) is 15.3 Å². The van der Waals surface area contributed by atoms with E-state index in [4.69, 9.17) is 0 Å². The Morgan fingerprint density at radius 1 is 1.26 bits per heavy atom. The Balaban J connectivity index is 1.99. The van der Waals surface area contributed by atoms with Crippen LogP contribution in [0, 0.1) is 11.8 Å². The quantitative estimate of drug-likeness (QED) is 0.853. The number of nitrogens with one attached hydrogen (secondary N) is 1. The fraction of sp³-hybridized carbons (Fsp3) is 1.00. The zero-order chi connectivity index (χ0) is 13.8. The fourth-order valence-electron chi connectivity index (χ4n) is 3.61. The van der Waals surface area contributed by atoms with E-state index < -0.39 is 0 Å². The molecule has 2 saturated heterocycles. The van der Waals surface area contributed by atoms with Crippen molar-refractivity contribution in [3.8, 4) is 0 Å². The molecule has 3 unspecified atom stereocenters. The van der Waals surface area contributed by atoms with Gasteiger partial charge in [-0.15, -0.1) is 0 Å². The lowest BCUT2D eigenvalue weighted by molar-refractivity contribution is 0.0549. The highest BCUT2D eigenvalue weighted by Crippen LogP contribution is 2.28. The molecule has 3 heteroatoms. The van der Waals surface area contributed by atoms with Gasteiger partial charge in [-0.1, -0.05) is 27.7 Å². The maximum Gasteiger partial charge on any atom is 0.0247 e. The van der Waals surface area contributed by atoms with Crippen LogP contribution in [0.2, 0.25) is 0 Å². The summed E-state index contributed by atoms with van der Waals surface area (Å²) >= 11 is 2.16. The Kier molecular flexibility index (Phi) is 6.04. The van der Waals surface area contributed by atoms with E-state index in [1.807, 2.05) is 0 Å². The zero-order valence-electron chi connectivity index (χ0n) is 13.2. The summed E-state index contributed by atoms with van der Waals surface area (Å²) in [7, 11) is 0. The molecule has 2 fully saturated rings. The van der Waals surface area contributed by atoms with E-state index in [1.54, 1.807) is 0 Å². The maximum absolute atomic E-state index is 3.80. The molecule has 3 atom stereocenters. The molecule has 2 rings (SSSR count). The number of thioether (sulfide) groups is 1. The molecule has 0 amide bonds. The zero-order valence-corrected chi connectivity index (χ0v) is 14.0. The number of hydrogen-bond acceptors (Lipinski definition) is 3. The van der Waals surface area contributed by atoms with Crippen LogP contribution in [0.5, 0.6) is 0 Å². The van der Waals surface area contributed by atoms with Gasteiger partial charge in [0.05, 0.1) is 0 Å². The molecular formula is C16H32N2S. The second-order valence-corrected chi connectivity index (χ2v) is 8.26. The van der Waals surface area contributed by atoms with Crippen molar-refractivity contribution in [2.24, 2.45) is 11.8 Å². The first-order valence-corrected chi connectivity index (χ1v) is 9.30. The van der Waals surface area contributed by atoms with Crippen molar-refractivity contribution in [1.29, 1.82) is 0 Å². The van der Waals surface area contributed by atoms with E-state index in [9.17, 15) is 0 Å². The minimum atomic E-state index is 0.710. The van der Waals surface area contributed by atoms with Gasteiger partial charge < -0.3 is 5.32 Å². The van der Waals surface area contributed by atoms with Crippen molar-refractivity contribution in [2.75, 3.05) is 24.6 Å². The molecule has 112 valence electrons. The van der Waals surface area contributed by atoms with Crippen molar-refractivity contribution in [2.45, 2.75) is 65.1 Å². The monoisotopic (exact) mass is 284 g/mol. The van der Waals surface area contributed by atoms with Gasteiger partial charge in [-0.2, -0.15) is 11.8 Å². The van der Waals surface area contributed by atoms with E-state index in [0.717, 1.165) is 23.9 Å². The van der Waals surface area contributed by atoms with Gasteiger partial charge in [-0.25, -0.2) is 0 Å². The Bertz CT molecular complexity index is 261. The molecule has 0 aromatic heterocycles. The Morgan fingerprint density at radius 2 is 2.05 bits per heavy atom. The second-order valence-electron chi connectivity index (χ2n) is 7.11. The van der Waals surface area contributed by atoms with Gasteiger partial charge in [0, 0.05) is 37.0 Å². The molecule has 0 aromatic rings. The molecule has 2 heterocycles. The molecule has 0 aromatic carbocycles. The molecule has 0 spiro atoms. The van der Waals surface area contributed by atoms with Gasteiger partial charge in [0.15, 0.2) is 0 Å². The molecule has 0 saturated carbocycles. The summed E-state index contributed by atoms with van der Waals surface area (Å²) in [6, 6.07) is 2.29. The summed E-state index contributed by atoms with van der Waals surface area (Å²) in [5.74, 6) is 4.30. The van der Waals surface area contributed by atoms with Crippen LogP contribution in [0.4, 0.5) is 0 Å². The largest absolute Gasteiger partial charge is 0.311 e. The van der Waals surface area contributed by atoms with Gasteiger partial charge in [-0.05, 0) is 36.9 Å². The smallest absolute Gasteiger partial charge is 0.0247 e. The van der Waals surface area contributed by atoms with Gasteiger partial charge in [0.1, 0.15) is 0 Å². The molecule has 0 radical (unpaired) electrons. The van der Waals surface area contributed by atoms with Crippen LogP contribution in [0.15, 0.2) is 0 Å². The van der Waals surface area contributed by atoms with Crippen molar-refractivity contribution < 1.29 is 0 Å². The first kappa shape index (κ1) is 15.7. The van der Waals surface area contributed by atoms with Crippen LogP contribution in [0.25, 0.3) is 0 Å². The van der Waals surface area contributed by atoms with Crippen molar-refractivity contribution in [3.63, 3.8) is 0 Å². The highest BCUT2D eigenvalue weighted by atomic mass is 32.2. The molecule has 1 N–H and O–H groups in total. The lowest BCUT2D eigenvalue weighted by Crippen LogP contribution is -2.62. The van der Waals surface area contributed by atoms with E-state index in [2.05, 4.69) is 49.7 Å². The van der Waals surface area contributed by atoms with E-state index in [1.165, 1.54) is 43.9 Å². The Hall–Kier alpha value is 0.270. The standard InChI is InChI=1S/C16H32N2S/c1-12(2)8-14-10-18(15-6-5-7-19-11-15)16(9-17-14)13(3)4/h12-17H,5-11H2,1-4H3. The SMILES string of the molecule is CC(C)CC1CN(C2CCCSC2)C(C(C)C)CN1. The summed E-state index contributed by atoms with van der Waals surface area (Å²) in [6.07, 6.45) is 4.16.